The first-order valence-electron chi connectivity index (χ1n) is 10.6. The minimum Gasteiger partial charge on any atom is -0.497 e. The van der Waals surface area contributed by atoms with Crippen molar-refractivity contribution in [3.63, 3.8) is 0 Å². The Morgan fingerprint density at radius 2 is 1.97 bits per heavy atom. The lowest BCUT2D eigenvalue weighted by Crippen LogP contribution is -2.56. The average Bonchev–Trinajstić information content (AvgIpc) is 3.59. The van der Waals surface area contributed by atoms with E-state index in [0.29, 0.717) is 5.91 Å². The van der Waals surface area contributed by atoms with Crippen LogP contribution < -0.4 is 9.47 Å². The summed E-state index contributed by atoms with van der Waals surface area (Å²) in [7, 11) is 1.67. The van der Waals surface area contributed by atoms with Crippen LogP contribution in [0.1, 0.15) is 30.9 Å². The number of carbonyl (C=O) groups excluding carboxylic acids is 1. The van der Waals surface area contributed by atoms with Crippen molar-refractivity contribution < 1.29 is 14.3 Å². The zero-order valence-electron chi connectivity index (χ0n) is 17.7. The van der Waals surface area contributed by atoms with Crippen molar-refractivity contribution in [1.29, 1.82) is 0 Å². The molecule has 0 bridgehead atoms. The summed E-state index contributed by atoms with van der Waals surface area (Å²) < 4.78 is 11.7. The average molecular weight is 405 g/mol. The third-order valence-electron chi connectivity index (χ3n) is 6.13. The summed E-state index contributed by atoms with van der Waals surface area (Å²) in [6.45, 7) is 6.39. The highest BCUT2D eigenvalue weighted by atomic mass is 16.5. The van der Waals surface area contributed by atoms with Gasteiger partial charge in [0.05, 0.1) is 12.7 Å². The first kappa shape index (κ1) is 19.0. The van der Waals surface area contributed by atoms with Gasteiger partial charge in [0.1, 0.15) is 23.0 Å². The summed E-state index contributed by atoms with van der Waals surface area (Å²) >= 11 is 0. The third kappa shape index (κ3) is 3.40. The molecule has 0 N–H and O–H groups in total. The number of hydrogen-bond acceptors (Lipinski definition) is 5. The topological polar surface area (TPSA) is 54.4 Å². The van der Waals surface area contributed by atoms with Gasteiger partial charge >= 0.3 is 0 Å². The second-order valence-corrected chi connectivity index (χ2v) is 8.47. The van der Waals surface area contributed by atoms with Gasteiger partial charge in [-0.05, 0) is 62.6 Å². The molecule has 0 unspecified atom stereocenters. The summed E-state index contributed by atoms with van der Waals surface area (Å²) in [5.74, 6) is 3.73. The number of amides is 1. The standard InChI is InChI=1S/C24H27N3O3/c1-15-4-8-20-22(12-15)30-21-9-7-18(29-3)13-19(21)23(25-20)26-10-11-27(16(2)14-26)24(28)17-5-6-17/h4,7-9,12-13,16-17H,5-6,10-11,14H2,1-3H3/t16-/m0/s1. The Kier molecular flexibility index (Phi) is 4.65. The number of nitrogens with zero attached hydrogens (tertiary/aromatic N) is 3. The van der Waals surface area contributed by atoms with E-state index < -0.39 is 0 Å². The van der Waals surface area contributed by atoms with Gasteiger partial charge in [-0.15, -0.1) is 0 Å². The fourth-order valence-electron chi connectivity index (χ4n) is 4.27. The molecule has 30 heavy (non-hydrogen) atoms. The van der Waals surface area contributed by atoms with Crippen LogP contribution in [-0.4, -0.2) is 54.3 Å². The van der Waals surface area contributed by atoms with Gasteiger partial charge in [0.2, 0.25) is 5.91 Å². The van der Waals surface area contributed by atoms with Gasteiger partial charge in [0, 0.05) is 31.6 Å². The summed E-state index contributed by atoms with van der Waals surface area (Å²) in [6.07, 6.45) is 2.08. The molecule has 1 saturated heterocycles. The van der Waals surface area contributed by atoms with E-state index in [-0.39, 0.29) is 12.0 Å². The number of amidine groups is 1. The van der Waals surface area contributed by atoms with E-state index in [1.54, 1.807) is 7.11 Å². The number of fused-ring (bicyclic) bond motifs is 2. The van der Waals surface area contributed by atoms with Crippen molar-refractivity contribution in [3.8, 4) is 17.2 Å². The summed E-state index contributed by atoms with van der Waals surface area (Å²) in [6, 6.07) is 12.1. The van der Waals surface area contributed by atoms with Gasteiger partial charge in [-0.1, -0.05) is 6.07 Å². The van der Waals surface area contributed by atoms with E-state index in [0.717, 1.165) is 72.4 Å². The van der Waals surface area contributed by atoms with Crippen LogP contribution in [0.2, 0.25) is 0 Å². The summed E-state index contributed by atoms with van der Waals surface area (Å²) in [4.78, 5) is 22.0. The maximum absolute atomic E-state index is 12.6. The van der Waals surface area contributed by atoms with E-state index in [9.17, 15) is 4.79 Å². The van der Waals surface area contributed by atoms with Crippen LogP contribution in [-0.2, 0) is 4.79 Å². The molecular weight excluding hydrogens is 378 g/mol. The molecule has 6 heteroatoms. The van der Waals surface area contributed by atoms with Crippen LogP contribution in [0, 0.1) is 12.8 Å². The molecular formula is C24H27N3O3. The Labute approximate surface area is 177 Å². The molecule has 0 spiro atoms. The van der Waals surface area contributed by atoms with Crippen molar-refractivity contribution >= 4 is 17.4 Å². The number of methoxy groups -OCH3 is 1. The lowest BCUT2D eigenvalue weighted by molar-refractivity contribution is -0.136. The summed E-state index contributed by atoms with van der Waals surface area (Å²) in [5.41, 5.74) is 2.86. The van der Waals surface area contributed by atoms with Gasteiger partial charge < -0.3 is 19.3 Å². The fraction of sp³-hybridized carbons (Fsp3) is 0.417. The second-order valence-electron chi connectivity index (χ2n) is 8.47. The van der Waals surface area contributed by atoms with Crippen molar-refractivity contribution in [1.82, 2.24) is 9.80 Å². The molecule has 2 aromatic rings. The molecule has 156 valence electrons. The monoisotopic (exact) mass is 405 g/mol. The molecule has 1 amide bonds. The summed E-state index contributed by atoms with van der Waals surface area (Å²) in [5, 5.41) is 0. The number of ether oxygens (including phenoxy) is 2. The van der Waals surface area contributed by atoms with Crippen LogP contribution in [0.15, 0.2) is 41.4 Å². The second kappa shape index (κ2) is 7.35. The Hall–Kier alpha value is -3.02. The highest BCUT2D eigenvalue weighted by Crippen LogP contribution is 2.40. The van der Waals surface area contributed by atoms with Crippen molar-refractivity contribution in [2.45, 2.75) is 32.7 Å². The quantitative estimate of drug-likeness (QED) is 0.754. The number of carbonyl (C=O) groups is 1. The van der Waals surface area contributed by atoms with E-state index >= 15 is 0 Å². The van der Waals surface area contributed by atoms with Gasteiger partial charge in [0.15, 0.2) is 5.75 Å². The fourth-order valence-corrected chi connectivity index (χ4v) is 4.27. The van der Waals surface area contributed by atoms with E-state index in [4.69, 9.17) is 14.5 Å². The highest BCUT2D eigenvalue weighted by molar-refractivity contribution is 6.04. The number of benzene rings is 2. The van der Waals surface area contributed by atoms with Crippen molar-refractivity contribution in [2.24, 2.45) is 10.9 Å². The van der Waals surface area contributed by atoms with Gasteiger partial charge in [0.25, 0.3) is 0 Å². The number of aliphatic imine (C=N–C) groups is 1. The first-order valence-corrected chi connectivity index (χ1v) is 10.6. The number of rotatable bonds is 2. The lowest BCUT2D eigenvalue weighted by atomic mass is 10.1. The molecule has 1 atom stereocenters. The Morgan fingerprint density at radius 1 is 1.13 bits per heavy atom. The van der Waals surface area contributed by atoms with Crippen LogP contribution in [0.4, 0.5) is 5.69 Å². The van der Waals surface area contributed by atoms with E-state index in [1.807, 2.05) is 42.2 Å². The van der Waals surface area contributed by atoms with Crippen molar-refractivity contribution in [2.75, 3.05) is 26.7 Å². The molecule has 0 radical (unpaired) electrons. The molecule has 2 aliphatic heterocycles. The Balaban J connectivity index is 1.52. The van der Waals surface area contributed by atoms with Crippen molar-refractivity contribution in [3.05, 3.63) is 47.5 Å². The first-order chi connectivity index (χ1) is 14.5. The highest BCUT2D eigenvalue weighted by Gasteiger charge is 2.38. The smallest absolute Gasteiger partial charge is 0.226 e. The zero-order valence-corrected chi connectivity index (χ0v) is 17.7. The normalized spacial score (nSPS) is 20.5. The maximum atomic E-state index is 12.6. The SMILES string of the molecule is COc1ccc2c(c1)C(N1CCN(C(=O)C3CC3)[C@@H](C)C1)=Nc1ccc(C)cc1O2. The number of hydrogen-bond donors (Lipinski definition) is 0. The Bertz CT molecular complexity index is 1030. The van der Waals surface area contributed by atoms with Gasteiger partial charge in [-0.25, -0.2) is 4.99 Å². The molecule has 0 aromatic heterocycles. The molecule has 3 aliphatic rings. The number of aryl methyl sites for hydroxylation is 1. The third-order valence-corrected chi connectivity index (χ3v) is 6.13. The zero-order chi connectivity index (χ0) is 20.8. The molecule has 2 heterocycles. The molecule has 2 aromatic carbocycles. The van der Waals surface area contributed by atoms with Crippen LogP contribution in [0.3, 0.4) is 0 Å². The van der Waals surface area contributed by atoms with Gasteiger partial charge in [-0.3, -0.25) is 4.79 Å². The Morgan fingerprint density at radius 3 is 2.70 bits per heavy atom. The van der Waals surface area contributed by atoms with E-state index in [1.165, 1.54) is 0 Å². The molecule has 6 nitrogen and oxygen atoms in total. The predicted molar refractivity (Wildman–Crippen MR) is 116 cm³/mol. The van der Waals surface area contributed by atoms with Crippen LogP contribution in [0.25, 0.3) is 0 Å². The molecule has 1 aliphatic carbocycles. The predicted octanol–water partition coefficient (Wildman–Crippen LogP) is 4.13. The maximum Gasteiger partial charge on any atom is 0.226 e. The number of piperazine rings is 1. The van der Waals surface area contributed by atoms with E-state index in [2.05, 4.69) is 17.9 Å². The molecule has 5 rings (SSSR count). The largest absolute Gasteiger partial charge is 0.497 e. The van der Waals surface area contributed by atoms with Crippen LogP contribution >= 0.6 is 0 Å². The minimum absolute atomic E-state index is 0.144. The molecule has 2 fully saturated rings. The van der Waals surface area contributed by atoms with Gasteiger partial charge in [-0.2, -0.15) is 0 Å². The molecule has 1 saturated carbocycles. The minimum atomic E-state index is 0.144. The van der Waals surface area contributed by atoms with Crippen LogP contribution in [0.5, 0.6) is 17.2 Å². The lowest BCUT2D eigenvalue weighted by Gasteiger charge is -2.41.